The molecular formula is C16H14FN3. The van der Waals surface area contributed by atoms with Gasteiger partial charge >= 0.3 is 0 Å². The van der Waals surface area contributed by atoms with Crippen LogP contribution in [0, 0.1) is 12.7 Å². The molecule has 0 unspecified atom stereocenters. The number of nitrogens with zero attached hydrogens (tertiary/aromatic N) is 1. The highest BCUT2D eigenvalue weighted by molar-refractivity contribution is 5.99. The molecule has 3 N–H and O–H groups in total. The first-order valence-electron chi connectivity index (χ1n) is 6.31. The van der Waals surface area contributed by atoms with Crippen molar-refractivity contribution >= 4 is 28.0 Å². The van der Waals surface area contributed by atoms with Crippen molar-refractivity contribution in [2.45, 2.75) is 6.92 Å². The zero-order valence-corrected chi connectivity index (χ0v) is 11.0. The molecule has 3 aromatic rings. The Morgan fingerprint density at radius 3 is 2.80 bits per heavy atom. The third-order valence-electron chi connectivity index (χ3n) is 3.12. The van der Waals surface area contributed by atoms with Crippen LogP contribution in [-0.4, -0.2) is 4.98 Å². The molecule has 0 aliphatic heterocycles. The fourth-order valence-electron chi connectivity index (χ4n) is 2.26. The van der Waals surface area contributed by atoms with Gasteiger partial charge in [-0.05, 0) is 55.0 Å². The number of hydrogen-bond acceptors (Lipinski definition) is 3. The van der Waals surface area contributed by atoms with Gasteiger partial charge in [0.2, 0.25) is 0 Å². The number of pyridine rings is 1. The standard InChI is InChI=1S/C16H14FN3/c1-10-7-11(17)9-12(8-10)20-15-5-4-14(18)13-3-2-6-19-16(13)15/h2-9,20H,18H2,1H3. The van der Waals surface area contributed by atoms with Crippen LogP contribution in [0.25, 0.3) is 10.9 Å². The van der Waals surface area contributed by atoms with Crippen molar-refractivity contribution in [1.82, 2.24) is 4.98 Å². The third kappa shape index (κ3) is 2.28. The topological polar surface area (TPSA) is 50.9 Å². The first-order valence-corrected chi connectivity index (χ1v) is 6.31. The SMILES string of the molecule is Cc1cc(F)cc(Nc2ccc(N)c3cccnc23)c1. The van der Waals surface area contributed by atoms with Crippen LogP contribution in [0.15, 0.2) is 48.7 Å². The van der Waals surface area contributed by atoms with Crippen molar-refractivity contribution < 1.29 is 4.39 Å². The van der Waals surface area contributed by atoms with Crippen molar-refractivity contribution in [2.24, 2.45) is 0 Å². The van der Waals surface area contributed by atoms with Crippen LogP contribution in [-0.2, 0) is 0 Å². The summed E-state index contributed by atoms with van der Waals surface area (Å²) < 4.78 is 13.4. The number of aryl methyl sites for hydroxylation is 1. The smallest absolute Gasteiger partial charge is 0.125 e. The third-order valence-corrected chi connectivity index (χ3v) is 3.12. The van der Waals surface area contributed by atoms with E-state index in [0.717, 1.165) is 22.2 Å². The predicted octanol–water partition coefficient (Wildman–Crippen LogP) is 4.01. The number of hydrogen-bond donors (Lipinski definition) is 2. The molecule has 1 aromatic heterocycles. The lowest BCUT2D eigenvalue weighted by Crippen LogP contribution is -1.96. The number of rotatable bonds is 2. The summed E-state index contributed by atoms with van der Waals surface area (Å²) in [6.45, 7) is 1.85. The minimum absolute atomic E-state index is 0.264. The molecule has 0 fully saturated rings. The molecule has 100 valence electrons. The van der Waals surface area contributed by atoms with Crippen molar-refractivity contribution in [3.8, 4) is 0 Å². The monoisotopic (exact) mass is 267 g/mol. The van der Waals surface area contributed by atoms with Crippen LogP contribution in [0.3, 0.4) is 0 Å². The Kier molecular flexibility index (Phi) is 2.99. The first-order chi connectivity index (χ1) is 9.63. The Morgan fingerprint density at radius 1 is 1.15 bits per heavy atom. The van der Waals surface area contributed by atoms with E-state index in [-0.39, 0.29) is 5.82 Å². The zero-order valence-electron chi connectivity index (χ0n) is 11.0. The Balaban J connectivity index is 2.09. The fraction of sp³-hybridized carbons (Fsp3) is 0.0625. The summed E-state index contributed by atoms with van der Waals surface area (Å²) in [5.74, 6) is -0.264. The van der Waals surface area contributed by atoms with Crippen LogP contribution in [0.2, 0.25) is 0 Å². The number of nitrogens with one attached hydrogen (secondary N) is 1. The molecule has 4 heteroatoms. The van der Waals surface area contributed by atoms with Crippen LogP contribution in [0.1, 0.15) is 5.56 Å². The molecular weight excluding hydrogens is 253 g/mol. The molecule has 1 heterocycles. The summed E-state index contributed by atoms with van der Waals surface area (Å²) in [6.07, 6.45) is 1.71. The van der Waals surface area contributed by atoms with Gasteiger partial charge in [-0.2, -0.15) is 0 Å². The molecule has 20 heavy (non-hydrogen) atoms. The van der Waals surface area contributed by atoms with E-state index in [9.17, 15) is 4.39 Å². The van der Waals surface area contributed by atoms with Gasteiger partial charge < -0.3 is 11.1 Å². The van der Waals surface area contributed by atoms with E-state index in [0.29, 0.717) is 11.4 Å². The number of nitrogen functional groups attached to an aromatic ring is 1. The summed E-state index contributed by atoms with van der Waals surface area (Å²) in [5, 5.41) is 4.08. The maximum atomic E-state index is 13.4. The molecule has 0 bridgehead atoms. The Hall–Kier alpha value is -2.62. The van der Waals surface area contributed by atoms with Gasteiger partial charge in [0.25, 0.3) is 0 Å². The van der Waals surface area contributed by atoms with E-state index in [1.807, 2.05) is 37.3 Å². The summed E-state index contributed by atoms with van der Waals surface area (Å²) in [4.78, 5) is 4.35. The lowest BCUT2D eigenvalue weighted by Gasteiger charge is -2.11. The summed E-state index contributed by atoms with van der Waals surface area (Å²) in [7, 11) is 0. The van der Waals surface area contributed by atoms with E-state index in [1.54, 1.807) is 6.20 Å². The Morgan fingerprint density at radius 2 is 2.00 bits per heavy atom. The maximum Gasteiger partial charge on any atom is 0.125 e. The molecule has 0 aliphatic carbocycles. The van der Waals surface area contributed by atoms with E-state index in [1.165, 1.54) is 12.1 Å². The largest absolute Gasteiger partial charge is 0.398 e. The maximum absolute atomic E-state index is 13.4. The summed E-state index contributed by atoms with van der Waals surface area (Å²) in [5.41, 5.74) is 9.75. The molecule has 3 nitrogen and oxygen atoms in total. The predicted molar refractivity (Wildman–Crippen MR) is 80.6 cm³/mol. The van der Waals surface area contributed by atoms with Gasteiger partial charge in [0, 0.05) is 23.0 Å². The fourth-order valence-corrected chi connectivity index (χ4v) is 2.26. The zero-order chi connectivity index (χ0) is 14.1. The molecule has 0 saturated heterocycles. The number of benzene rings is 2. The van der Waals surface area contributed by atoms with Crippen molar-refractivity contribution in [1.29, 1.82) is 0 Å². The molecule has 0 atom stereocenters. The number of fused-ring (bicyclic) bond motifs is 1. The molecule has 2 aromatic carbocycles. The Labute approximate surface area is 116 Å². The van der Waals surface area contributed by atoms with Crippen molar-refractivity contribution in [2.75, 3.05) is 11.1 Å². The quantitative estimate of drug-likeness (QED) is 0.690. The van der Waals surface area contributed by atoms with Crippen LogP contribution < -0.4 is 11.1 Å². The first kappa shape index (κ1) is 12.4. The minimum atomic E-state index is -0.264. The van der Waals surface area contributed by atoms with Gasteiger partial charge in [-0.15, -0.1) is 0 Å². The number of nitrogens with two attached hydrogens (primary N) is 1. The second kappa shape index (κ2) is 4.81. The molecule has 0 amide bonds. The second-order valence-corrected chi connectivity index (χ2v) is 4.74. The number of anilines is 3. The molecule has 0 spiro atoms. The van der Waals surface area contributed by atoms with E-state index >= 15 is 0 Å². The van der Waals surface area contributed by atoms with Gasteiger partial charge in [0.05, 0.1) is 11.2 Å². The van der Waals surface area contributed by atoms with Gasteiger partial charge in [0.1, 0.15) is 5.82 Å². The minimum Gasteiger partial charge on any atom is -0.398 e. The van der Waals surface area contributed by atoms with E-state index < -0.39 is 0 Å². The van der Waals surface area contributed by atoms with Gasteiger partial charge in [0.15, 0.2) is 0 Å². The number of halogens is 1. The summed E-state index contributed by atoms with van der Waals surface area (Å²) in [6, 6.07) is 12.3. The average molecular weight is 267 g/mol. The second-order valence-electron chi connectivity index (χ2n) is 4.74. The van der Waals surface area contributed by atoms with E-state index in [4.69, 9.17) is 5.73 Å². The molecule has 0 radical (unpaired) electrons. The van der Waals surface area contributed by atoms with Crippen LogP contribution in [0.4, 0.5) is 21.5 Å². The molecule has 3 rings (SSSR count). The van der Waals surface area contributed by atoms with Crippen LogP contribution >= 0.6 is 0 Å². The number of aromatic nitrogens is 1. The Bertz CT molecular complexity index is 764. The van der Waals surface area contributed by atoms with Crippen molar-refractivity contribution in [3.63, 3.8) is 0 Å². The summed E-state index contributed by atoms with van der Waals surface area (Å²) >= 11 is 0. The van der Waals surface area contributed by atoms with E-state index in [2.05, 4.69) is 10.3 Å². The lowest BCUT2D eigenvalue weighted by atomic mass is 10.1. The normalized spacial score (nSPS) is 10.7. The van der Waals surface area contributed by atoms with Gasteiger partial charge in [-0.3, -0.25) is 4.98 Å². The van der Waals surface area contributed by atoms with Crippen LogP contribution in [0.5, 0.6) is 0 Å². The van der Waals surface area contributed by atoms with Gasteiger partial charge in [-0.25, -0.2) is 4.39 Å². The molecule has 0 aliphatic rings. The van der Waals surface area contributed by atoms with Gasteiger partial charge in [-0.1, -0.05) is 0 Å². The molecule has 0 saturated carbocycles. The lowest BCUT2D eigenvalue weighted by molar-refractivity contribution is 0.627. The average Bonchev–Trinajstić information content (AvgIpc) is 2.41. The van der Waals surface area contributed by atoms with Crippen molar-refractivity contribution in [3.05, 3.63) is 60.0 Å². The highest BCUT2D eigenvalue weighted by atomic mass is 19.1. The highest BCUT2D eigenvalue weighted by Crippen LogP contribution is 2.29. The highest BCUT2D eigenvalue weighted by Gasteiger charge is 2.06.